The van der Waals surface area contributed by atoms with Crippen molar-refractivity contribution in [1.82, 2.24) is 9.55 Å². The van der Waals surface area contributed by atoms with Crippen LogP contribution in [0.2, 0.25) is 0 Å². The van der Waals surface area contributed by atoms with Crippen LogP contribution >= 0.6 is 0 Å². The molecule has 0 amide bonds. The highest BCUT2D eigenvalue weighted by atomic mass is 19.1. The second kappa shape index (κ2) is 3.95. The molecule has 0 unspecified atom stereocenters. The molecule has 0 aliphatic carbocycles. The summed E-state index contributed by atoms with van der Waals surface area (Å²) in [5.41, 5.74) is 0.869. The number of benzene rings is 1. The molecule has 1 aliphatic rings. The van der Waals surface area contributed by atoms with E-state index in [1.54, 1.807) is 12.1 Å². The molecule has 3 rings (SSSR count). The van der Waals surface area contributed by atoms with Crippen molar-refractivity contribution >= 4 is 10.9 Å². The van der Waals surface area contributed by atoms with Gasteiger partial charge in [0.05, 0.1) is 10.9 Å². The van der Waals surface area contributed by atoms with Crippen LogP contribution in [0.15, 0.2) is 18.2 Å². The van der Waals surface area contributed by atoms with Crippen LogP contribution in [0.3, 0.4) is 0 Å². The van der Waals surface area contributed by atoms with Gasteiger partial charge in [-0.25, -0.2) is 9.37 Å². The SMILES string of the molecule is N=c1c2c(F)cccc2nc2n1CCCCC2. The first kappa shape index (κ1) is 10.4. The van der Waals surface area contributed by atoms with Crippen molar-refractivity contribution in [2.24, 2.45) is 0 Å². The monoisotopic (exact) mass is 231 g/mol. The Bertz CT molecular complexity index is 630. The molecule has 0 spiro atoms. The summed E-state index contributed by atoms with van der Waals surface area (Å²) in [6, 6.07) is 4.83. The van der Waals surface area contributed by atoms with E-state index in [1.807, 2.05) is 4.57 Å². The lowest BCUT2D eigenvalue weighted by Gasteiger charge is -2.11. The van der Waals surface area contributed by atoms with Gasteiger partial charge >= 0.3 is 0 Å². The molecular formula is C13H14FN3. The summed E-state index contributed by atoms with van der Waals surface area (Å²) in [6.07, 6.45) is 4.19. The number of aromatic nitrogens is 2. The van der Waals surface area contributed by atoms with Gasteiger partial charge in [0, 0.05) is 13.0 Å². The van der Waals surface area contributed by atoms with Crippen LogP contribution in [0.5, 0.6) is 0 Å². The van der Waals surface area contributed by atoms with Crippen LogP contribution in [0, 0.1) is 11.2 Å². The fourth-order valence-electron chi connectivity index (χ4n) is 2.47. The maximum absolute atomic E-state index is 13.7. The highest BCUT2D eigenvalue weighted by molar-refractivity contribution is 5.77. The van der Waals surface area contributed by atoms with E-state index in [0.29, 0.717) is 10.9 Å². The third kappa shape index (κ3) is 1.64. The van der Waals surface area contributed by atoms with Crippen molar-refractivity contribution < 1.29 is 4.39 Å². The lowest BCUT2D eigenvalue weighted by Crippen LogP contribution is -2.25. The molecule has 17 heavy (non-hydrogen) atoms. The van der Waals surface area contributed by atoms with Gasteiger partial charge in [-0.3, -0.25) is 5.41 Å². The Hall–Kier alpha value is -1.71. The Morgan fingerprint density at radius 3 is 3.00 bits per heavy atom. The van der Waals surface area contributed by atoms with Crippen molar-refractivity contribution in [3.63, 3.8) is 0 Å². The first-order valence-corrected chi connectivity index (χ1v) is 6.00. The number of aryl methyl sites for hydroxylation is 1. The van der Waals surface area contributed by atoms with E-state index in [2.05, 4.69) is 4.98 Å². The van der Waals surface area contributed by atoms with Crippen LogP contribution < -0.4 is 5.49 Å². The Morgan fingerprint density at radius 2 is 2.12 bits per heavy atom. The third-order valence-corrected chi connectivity index (χ3v) is 3.34. The molecule has 0 bridgehead atoms. The summed E-state index contributed by atoms with van der Waals surface area (Å²) in [7, 11) is 0. The molecule has 3 nitrogen and oxygen atoms in total. The van der Waals surface area contributed by atoms with E-state index >= 15 is 0 Å². The van der Waals surface area contributed by atoms with Gasteiger partial charge in [0.1, 0.15) is 17.1 Å². The normalized spacial score (nSPS) is 15.6. The van der Waals surface area contributed by atoms with Gasteiger partial charge in [-0.1, -0.05) is 12.5 Å². The highest BCUT2D eigenvalue weighted by Gasteiger charge is 2.13. The Kier molecular flexibility index (Phi) is 2.42. The van der Waals surface area contributed by atoms with Crippen molar-refractivity contribution in [2.75, 3.05) is 0 Å². The van der Waals surface area contributed by atoms with Crippen LogP contribution in [-0.2, 0) is 13.0 Å². The standard InChI is InChI=1S/C13H14FN3/c14-9-5-4-6-10-12(9)13(15)17-8-3-1-2-7-11(17)16-10/h4-6,15H,1-3,7-8H2. The molecule has 1 N–H and O–H groups in total. The number of rotatable bonds is 0. The Balaban J connectivity index is 2.38. The fraction of sp³-hybridized carbons (Fsp3) is 0.385. The molecule has 0 atom stereocenters. The Labute approximate surface area is 98.4 Å². The number of nitrogens with zero attached hydrogens (tertiary/aromatic N) is 2. The van der Waals surface area contributed by atoms with Crippen LogP contribution in [0.1, 0.15) is 25.1 Å². The zero-order chi connectivity index (χ0) is 11.8. The zero-order valence-electron chi connectivity index (χ0n) is 9.54. The molecule has 0 saturated heterocycles. The van der Waals surface area contributed by atoms with E-state index in [1.165, 1.54) is 6.07 Å². The Morgan fingerprint density at radius 1 is 1.24 bits per heavy atom. The zero-order valence-corrected chi connectivity index (χ0v) is 9.54. The second-order valence-electron chi connectivity index (χ2n) is 4.47. The molecule has 2 aromatic rings. The largest absolute Gasteiger partial charge is 0.314 e. The maximum atomic E-state index is 13.7. The summed E-state index contributed by atoms with van der Waals surface area (Å²) in [5, 5.41) is 8.48. The fourth-order valence-corrected chi connectivity index (χ4v) is 2.47. The summed E-state index contributed by atoms with van der Waals surface area (Å²) in [4.78, 5) is 4.50. The first-order valence-electron chi connectivity index (χ1n) is 6.00. The van der Waals surface area contributed by atoms with Crippen molar-refractivity contribution in [3.05, 3.63) is 35.3 Å². The quantitative estimate of drug-likeness (QED) is 0.743. The molecule has 0 saturated carbocycles. The average Bonchev–Trinajstić information content (AvgIpc) is 2.54. The van der Waals surface area contributed by atoms with Gasteiger partial charge in [0.15, 0.2) is 0 Å². The molecule has 1 aliphatic heterocycles. The van der Waals surface area contributed by atoms with Gasteiger partial charge in [0.25, 0.3) is 0 Å². The average molecular weight is 231 g/mol. The van der Waals surface area contributed by atoms with Gasteiger partial charge in [-0.15, -0.1) is 0 Å². The first-order chi connectivity index (χ1) is 8.27. The minimum atomic E-state index is -0.348. The van der Waals surface area contributed by atoms with E-state index in [0.717, 1.165) is 38.1 Å². The number of nitrogens with one attached hydrogen (secondary N) is 1. The van der Waals surface area contributed by atoms with Crippen molar-refractivity contribution in [1.29, 1.82) is 5.41 Å². The predicted molar refractivity (Wildman–Crippen MR) is 63.1 cm³/mol. The predicted octanol–water partition coefficient (Wildman–Crippen LogP) is 2.38. The smallest absolute Gasteiger partial charge is 0.138 e. The van der Waals surface area contributed by atoms with E-state index < -0.39 is 0 Å². The molecule has 0 fully saturated rings. The molecular weight excluding hydrogens is 217 g/mol. The molecule has 88 valence electrons. The lowest BCUT2D eigenvalue weighted by atomic mass is 10.2. The summed E-state index contributed by atoms with van der Waals surface area (Å²) in [6.45, 7) is 0.783. The number of hydrogen-bond donors (Lipinski definition) is 1. The summed E-state index contributed by atoms with van der Waals surface area (Å²) >= 11 is 0. The number of halogens is 1. The van der Waals surface area contributed by atoms with Crippen LogP contribution in [0.4, 0.5) is 4.39 Å². The number of hydrogen-bond acceptors (Lipinski definition) is 2. The van der Waals surface area contributed by atoms with Gasteiger partial charge in [0.2, 0.25) is 0 Å². The van der Waals surface area contributed by atoms with E-state index in [4.69, 9.17) is 5.41 Å². The van der Waals surface area contributed by atoms with Gasteiger partial charge in [-0.2, -0.15) is 0 Å². The lowest BCUT2D eigenvalue weighted by molar-refractivity contribution is 0.593. The topological polar surface area (TPSA) is 41.7 Å². The van der Waals surface area contributed by atoms with E-state index in [-0.39, 0.29) is 11.3 Å². The van der Waals surface area contributed by atoms with Crippen molar-refractivity contribution in [3.8, 4) is 0 Å². The molecule has 2 heterocycles. The van der Waals surface area contributed by atoms with E-state index in [9.17, 15) is 4.39 Å². The van der Waals surface area contributed by atoms with Crippen LogP contribution in [-0.4, -0.2) is 9.55 Å². The van der Waals surface area contributed by atoms with Crippen molar-refractivity contribution in [2.45, 2.75) is 32.2 Å². The molecule has 0 radical (unpaired) electrons. The highest BCUT2D eigenvalue weighted by Crippen LogP contribution is 2.16. The maximum Gasteiger partial charge on any atom is 0.138 e. The summed E-state index contributed by atoms with van der Waals surface area (Å²) < 4.78 is 15.6. The van der Waals surface area contributed by atoms with Gasteiger partial charge in [-0.05, 0) is 25.0 Å². The minimum absolute atomic E-state index is 0.269. The molecule has 1 aromatic carbocycles. The van der Waals surface area contributed by atoms with Gasteiger partial charge < -0.3 is 4.57 Å². The molecule has 4 heteroatoms. The van der Waals surface area contributed by atoms with Crippen LogP contribution in [0.25, 0.3) is 10.9 Å². The third-order valence-electron chi connectivity index (χ3n) is 3.34. The summed E-state index contributed by atoms with van der Waals surface area (Å²) in [5.74, 6) is 0.574. The minimum Gasteiger partial charge on any atom is -0.314 e. The number of fused-ring (bicyclic) bond motifs is 2. The second-order valence-corrected chi connectivity index (χ2v) is 4.47. The molecule has 1 aromatic heterocycles.